The van der Waals surface area contributed by atoms with Gasteiger partial charge in [-0.3, -0.25) is 0 Å². The van der Waals surface area contributed by atoms with Crippen LogP contribution in [0.2, 0.25) is 0 Å². The second-order valence-corrected chi connectivity index (χ2v) is 5.67. The molecule has 1 N–H and O–H groups in total. The molecule has 0 spiro atoms. The minimum atomic E-state index is -0.592. The Morgan fingerprint density at radius 2 is 1.75 bits per heavy atom. The quantitative estimate of drug-likeness (QED) is 0.857. The molecule has 0 aliphatic heterocycles. The van der Waals surface area contributed by atoms with Gasteiger partial charge >= 0.3 is 0 Å². The number of benzene rings is 2. The van der Waals surface area contributed by atoms with E-state index in [1.165, 1.54) is 0 Å². The molecule has 0 radical (unpaired) electrons. The van der Waals surface area contributed by atoms with Gasteiger partial charge in [-0.2, -0.15) is 5.26 Å². The minimum Gasteiger partial charge on any atom is -0.366 e. The van der Waals surface area contributed by atoms with Gasteiger partial charge in [0.05, 0.1) is 6.07 Å². The second kappa shape index (κ2) is 6.58. The summed E-state index contributed by atoms with van der Waals surface area (Å²) >= 11 is 3.52. The van der Waals surface area contributed by atoms with Gasteiger partial charge in [-0.15, -0.1) is 0 Å². The maximum absolute atomic E-state index is 9.66. The van der Waals surface area contributed by atoms with E-state index < -0.39 is 5.54 Å². The fourth-order valence-electron chi connectivity index (χ4n) is 2.17. The molecule has 0 aliphatic carbocycles. The van der Waals surface area contributed by atoms with Gasteiger partial charge in [0.2, 0.25) is 0 Å². The van der Waals surface area contributed by atoms with Crippen molar-refractivity contribution in [3.8, 4) is 6.07 Å². The molecule has 0 saturated carbocycles. The molecule has 0 aliphatic rings. The average Bonchev–Trinajstić information content (AvgIpc) is 2.50. The smallest absolute Gasteiger partial charge is 0.129 e. The maximum atomic E-state index is 9.66. The minimum absolute atomic E-state index is 0.592. The van der Waals surface area contributed by atoms with Crippen LogP contribution in [0.15, 0.2) is 59.1 Å². The fraction of sp³-hybridized carbons (Fsp3) is 0.235. The lowest BCUT2D eigenvalue weighted by atomic mass is 9.89. The van der Waals surface area contributed by atoms with Gasteiger partial charge < -0.3 is 5.32 Å². The first-order valence-electron chi connectivity index (χ1n) is 6.67. The molecule has 0 bridgehead atoms. The number of nitriles is 1. The summed E-state index contributed by atoms with van der Waals surface area (Å²) in [6.07, 6.45) is 1.42. The molecule has 0 fully saturated rings. The van der Waals surface area contributed by atoms with E-state index in [9.17, 15) is 5.26 Å². The van der Waals surface area contributed by atoms with Gasteiger partial charge in [-0.1, -0.05) is 49.4 Å². The Bertz CT molecular complexity index is 604. The summed E-state index contributed by atoms with van der Waals surface area (Å²) < 4.78 is 0.973. The van der Waals surface area contributed by atoms with Crippen LogP contribution >= 0.6 is 15.9 Å². The third kappa shape index (κ3) is 3.40. The van der Waals surface area contributed by atoms with Crippen LogP contribution in [0.4, 0.5) is 5.69 Å². The van der Waals surface area contributed by atoms with Crippen molar-refractivity contribution in [3.63, 3.8) is 0 Å². The normalized spacial score (nSPS) is 13.2. The standard InChI is InChI=1S/C17H17BrN2/c1-2-17(13-19,12-14-8-4-3-5-9-14)20-16-11-7-6-10-15(16)18/h3-11,20H,2,12H2,1H3. The molecule has 2 nitrogen and oxygen atoms in total. The zero-order valence-corrected chi connectivity index (χ0v) is 13.0. The van der Waals surface area contributed by atoms with Crippen LogP contribution in [-0.2, 0) is 6.42 Å². The molecule has 1 unspecified atom stereocenters. The highest BCUT2D eigenvalue weighted by Crippen LogP contribution is 2.28. The summed E-state index contributed by atoms with van der Waals surface area (Å²) in [4.78, 5) is 0. The van der Waals surface area contributed by atoms with Crippen molar-refractivity contribution in [1.82, 2.24) is 0 Å². The van der Waals surface area contributed by atoms with E-state index in [1.54, 1.807) is 0 Å². The number of hydrogen-bond acceptors (Lipinski definition) is 2. The Morgan fingerprint density at radius 3 is 2.35 bits per heavy atom. The van der Waals surface area contributed by atoms with Crippen molar-refractivity contribution in [2.24, 2.45) is 0 Å². The largest absolute Gasteiger partial charge is 0.366 e. The molecule has 2 aromatic carbocycles. The highest BCUT2D eigenvalue weighted by atomic mass is 79.9. The summed E-state index contributed by atoms with van der Waals surface area (Å²) in [5.41, 5.74) is 1.52. The number of nitrogens with zero attached hydrogens (tertiary/aromatic N) is 1. The Hall–Kier alpha value is -1.79. The molecule has 0 amide bonds. The van der Waals surface area contributed by atoms with E-state index in [1.807, 2.05) is 49.4 Å². The van der Waals surface area contributed by atoms with E-state index in [-0.39, 0.29) is 0 Å². The van der Waals surface area contributed by atoms with E-state index >= 15 is 0 Å². The van der Waals surface area contributed by atoms with Crippen LogP contribution in [0.5, 0.6) is 0 Å². The second-order valence-electron chi connectivity index (χ2n) is 4.81. The molecule has 102 valence electrons. The highest BCUT2D eigenvalue weighted by Gasteiger charge is 2.28. The summed E-state index contributed by atoms with van der Waals surface area (Å²) in [6, 6.07) is 20.5. The summed E-state index contributed by atoms with van der Waals surface area (Å²) in [6.45, 7) is 2.04. The molecule has 2 aromatic rings. The van der Waals surface area contributed by atoms with E-state index in [4.69, 9.17) is 0 Å². The number of hydrogen-bond donors (Lipinski definition) is 1. The lowest BCUT2D eigenvalue weighted by Gasteiger charge is -2.28. The Balaban J connectivity index is 2.27. The lowest BCUT2D eigenvalue weighted by molar-refractivity contribution is 0.563. The van der Waals surface area contributed by atoms with E-state index in [0.29, 0.717) is 6.42 Å². The van der Waals surface area contributed by atoms with Crippen LogP contribution in [0, 0.1) is 11.3 Å². The van der Waals surface area contributed by atoms with Gasteiger partial charge in [-0.25, -0.2) is 0 Å². The molecule has 20 heavy (non-hydrogen) atoms. The van der Waals surface area contributed by atoms with E-state index in [2.05, 4.69) is 39.4 Å². The summed E-state index contributed by atoms with van der Waals surface area (Å²) in [7, 11) is 0. The first-order chi connectivity index (χ1) is 9.69. The van der Waals surface area contributed by atoms with Crippen LogP contribution < -0.4 is 5.32 Å². The van der Waals surface area contributed by atoms with Crippen LogP contribution in [-0.4, -0.2) is 5.54 Å². The first kappa shape index (κ1) is 14.6. The van der Waals surface area contributed by atoms with Crippen molar-refractivity contribution in [2.45, 2.75) is 25.3 Å². The monoisotopic (exact) mass is 328 g/mol. The number of nitrogens with one attached hydrogen (secondary N) is 1. The van der Waals surface area contributed by atoms with Gasteiger partial charge in [0.25, 0.3) is 0 Å². The van der Waals surface area contributed by atoms with Crippen LogP contribution in [0.1, 0.15) is 18.9 Å². The lowest BCUT2D eigenvalue weighted by Crippen LogP contribution is -2.38. The van der Waals surface area contributed by atoms with Crippen molar-refractivity contribution in [3.05, 3.63) is 64.6 Å². The molecular weight excluding hydrogens is 312 g/mol. The Labute approximate surface area is 128 Å². The van der Waals surface area contributed by atoms with E-state index in [0.717, 1.165) is 22.1 Å². The number of rotatable bonds is 5. The number of anilines is 1. The van der Waals surface area contributed by atoms with Crippen molar-refractivity contribution in [1.29, 1.82) is 5.26 Å². The van der Waals surface area contributed by atoms with Crippen molar-refractivity contribution >= 4 is 21.6 Å². The first-order valence-corrected chi connectivity index (χ1v) is 7.46. The van der Waals surface area contributed by atoms with Gasteiger partial charge in [0.1, 0.15) is 5.54 Å². The summed E-state index contributed by atoms with van der Waals surface area (Å²) in [5, 5.41) is 13.1. The van der Waals surface area contributed by atoms with Crippen molar-refractivity contribution < 1.29 is 0 Å². The molecule has 1 atom stereocenters. The predicted octanol–water partition coefficient (Wildman–Crippen LogP) is 4.78. The highest BCUT2D eigenvalue weighted by molar-refractivity contribution is 9.10. The third-order valence-electron chi connectivity index (χ3n) is 3.41. The zero-order valence-electron chi connectivity index (χ0n) is 11.4. The number of halogens is 1. The fourth-order valence-corrected chi connectivity index (χ4v) is 2.55. The zero-order chi connectivity index (χ0) is 14.4. The van der Waals surface area contributed by atoms with Gasteiger partial charge in [0.15, 0.2) is 0 Å². The van der Waals surface area contributed by atoms with Crippen LogP contribution in [0.3, 0.4) is 0 Å². The number of para-hydroxylation sites is 1. The predicted molar refractivity (Wildman–Crippen MR) is 86.5 cm³/mol. The topological polar surface area (TPSA) is 35.8 Å². The molecule has 3 heteroatoms. The average molecular weight is 329 g/mol. The van der Waals surface area contributed by atoms with Crippen LogP contribution in [0.25, 0.3) is 0 Å². The molecular formula is C17H17BrN2. The van der Waals surface area contributed by atoms with Gasteiger partial charge in [-0.05, 0) is 40.0 Å². The molecule has 0 aromatic heterocycles. The van der Waals surface area contributed by atoms with Crippen molar-refractivity contribution in [2.75, 3.05) is 5.32 Å². The Kier molecular flexibility index (Phi) is 4.81. The molecule has 0 heterocycles. The third-order valence-corrected chi connectivity index (χ3v) is 4.11. The maximum Gasteiger partial charge on any atom is 0.129 e. The molecule has 2 rings (SSSR count). The summed E-state index contributed by atoms with van der Waals surface area (Å²) in [5.74, 6) is 0. The molecule has 0 saturated heterocycles. The Morgan fingerprint density at radius 1 is 1.10 bits per heavy atom. The van der Waals surface area contributed by atoms with Gasteiger partial charge in [0, 0.05) is 16.6 Å². The SMILES string of the molecule is CCC(C#N)(Cc1ccccc1)Nc1ccccc1Br.